The van der Waals surface area contributed by atoms with Gasteiger partial charge in [-0.1, -0.05) is 47.6 Å². The molecule has 0 bridgehead atoms. The van der Waals surface area contributed by atoms with E-state index < -0.39 is 62.0 Å². The maximum atomic E-state index is 13.6. The van der Waals surface area contributed by atoms with E-state index in [1.165, 1.54) is 17.8 Å². The molecule has 0 amide bonds. The van der Waals surface area contributed by atoms with Gasteiger partial charge in [-0.3, -0.25) is 13.9 Å². The molecule has 0 radical (unpaired) electrons. The maximum Gasteiger partial charge on any atom is 0.332 e. The molecule has 1 fully saturated rings. The molecule has 14 heteroatoms. The Morgan fingerprint density at radius 1 is 1.10 bits per heavy atom. The van der Waals surface area contributed by atoms with Gasteiger partial charge in [0, 0.05) is 25.4 Å². The number of hydrogen-bond acceptors (Lipinski definition) is 9. The van der Waals surface area contributed by atoms with Gasteiger partial charge in [-0.2, -0.15) is 8.42 Å². The lowest BCUT2D eigenvalue weighted by molar-refractivity contribution is -0.0572. The van der Waals surface area contributed by atoms with Crippen LogP contribution in [0.5, 0.6) is 0 Å². The first-order chi connectivity index (χ1) is 18.9. The van der Waals surface area contributed by atoms with E-state index in [-0.39, 0.29) is 28.9 Å². The summed E-state index contributed by atoms with van der Waals surface area (Å²) in [5.41, 5.74) is -2.19. The molecule has 0 saturated carbocycles. The van der Waals surface area contributed by atoms with Crippen molar-refractivity contribution in [2.24, 2.45) is 7.05 Å². The second kappa shape index (κ2) is 11.3. The van der Waals surface area contributed by atoms with Crippen molar-refractivity contribution in [1.29, 1.82) is 0 Å². The summed E-state index contributed by atoms with van der Waals surface area (Å²) < 4.78 is 55.0. The molecule has 3 rings (SSSR count). The van der Waals surface area contributed by atoms with Gasteiger partial charge in [0.25, 0.3) is 15.7 Å². The fraction of sp³-hybridized carbons (Fsp3) is 0.714. The molecule has 0 aromatic carbocycles. The summed E-state index contributed by atoms with van der Waals surface area (Å²) in [5, 5.41) is 3.79. The molecule has 238 valence electrons. The first-order valence-electron chi connectivity index (χ1n) is 14.2. The second-order valence-corrected chi connectivity index (χ2v) is 25.3. The first kappa shape index (κ1) is 34.7. The minimum atomic E-state index is -4.19. The Labute approximate surface area is 252 Å². The average Bonchev–Trinajstić information content (AvgIpc) is 3.28. The van der Waals surface area contributed by atoms with Crippen LogP contribution in [0.1, 0.15) is 53.3 Å². The van der Waals surface area contributed by atoms with Gasteiger partial charge in [0.1, 0.15) is 12.2 Å². The smallest absolute Gasteiger partial charge is 0.332 e. The lowest BCUT2D eigenvalue weighted by Crippen LogP contribution is -2.60. The molecule has 11 nitrogen and oxygen atoms in total. The molecule has 42 heavy (non-hydrogen) atoms. The molecule has 1 saturated heterocycles. The molecule has 1 spiro atoms. The van der Waals surface area contributed by atoms with Crippen LogP contribution in [0.4, 0.5) is 0 Å². The Morgan fingerprint density at radius 2 is 1.67 bits per heavy atom. The monoisotopic (exact) mass is 643 g/mol. The van der Waals surface area contributed by atoms with E-state index in [1.807, 2.05) is 13.1 Å². The predicted molar refractivity (Wildman–Crippen MR) is 169 cm³/mol. The van der Waals surface area contributed by atoms with Crippen molar-refractivity contribution >= 4 is 26.8 Å². The van der Waals surface area contributed by atoms with Crippen LogP contribution < -0.4 is 16.6 Å². The Hall–Kier alpha value is -1.82. The zero-order valence-electron chi connectivity index (χ0n) is 27.2. The molecule has 2 aliphatic rings. The average molecular weight is 644 g/mol. The third-order valence-corrected chi connectivity index (χ3v) is 19.2. The van der Waals surface area contributed by atoms with E-state index in [0.717, 1.165) is 9.98 Å². The van der Waals surface area contributed by atoms with Crippen LogP contribution in [0.3, 0.4) is 0 Å². The number of nitrogens with one attached hydrogen (secondary N) is 1. The van der Waals surface area contributed by atoms with Gasteiger partial charge in [-0.25, -0.2) is 8.98 Å². The van der Waals surface area contributed by atoms with Crippen molar-refractivity contribution in [2.45, 2.75) is 109 Å². The van der Waals surface area contributed by atoms with E-state index in [4.69, 9.17) is 17.8 Å². The number of aryl methyl sites for hydroxylation is 1. The van der Waals surface area contributed by atoms with E-state index in [0.29, 0.717) is 5.56 Å². The Bertz CT molecular complexity index is 1470. The molecular formula is C28H49N3O8SSi2. The molecule has 4 atom stereocenters. The van der Waals surface area contributed by atoms with Crippen LogP contribution in [0.15, 0.2) is 39.5 Å². The summed E-state index contributed by atoms with van der Waals surface area (Å²) in [7, 11) is -7.80. The van der Waals surface area contributed by atoms with E-state index in [9.17, 15) is 18.0 Å². The Balaban J connectivity index is 2.34. The third kappa shape index (κ3) is 6.21. The van der Waals surface area contributed by atoms with E-state index >= 15 is 0 Å². The highest BCUT2D eigenvalue weighted by atomic mass is 32.2. The molecule has 1 aromatic heterocycles. The highest BCUT2D eigenvalue weighted by Gasteiger charge is 2.68. The van der Waals surface area contributed by atoms with Crippen molar-refractivity contribution in [3.8, 4) is 0 Å². The number of nitrogens with zero attached hydrogens (tertiary/aromatic N) is 2. The largest absolute Gasteiger partial charge is 0.414 e. The Morgan fingerprint density at radius 3 is 2.19 bits per heavy atom. The second-order valence-electron chi connectivity index (χ2n) is 14.3. The van der Waals surface area contributed by atoms with Gasteiger partial charge < -0.3 is 18.9 Å². The number of aromatic nitrogens is 2. The number of rotatable bonds is 9. The normalized spacial score (nSPS) is 26.5. The molecule has 2 aliphatic heterocycles. The van der Waals surface area contributed by atoms with Crippen molar-refractivity contribution in [3.05, 3.63) is 56.4 Å². The Kier molecular flexibility index (Phi) is 9.31. The molecule has 1 N–H and O–H groups in total. The van der Waals surface area contributed by atoms with E-state index in [1.54, 1.807) is 13.0 Å². The van der Waals surface area contributed by atoms with Gasteiger partial charge in [0.2, 0.25) is 0 Å². The summed E-state index contributed by atoms with van der Waals surface area (Å²) >= 11 is 0. The zero-order valence-corrected chi connectivity index (χ0v) is 30.0. The predicted octanol–water partition coefficient (Wildman–Crippen LogP) is 3.88. The fourth-order valence-corrected chi connectivity index (χ4v) is 8.13. The lowest BCUT2D eigenvalue weighted by atomic mass is 9.89. The molecule has 0 aliphatic carbocycles. The molecule has 3 heterocycles. The highest BCUT2D eigenvalue weighted by molar-refractivity contribution is 7.90. The van der Waals surface area contributed by atoms with Crippen LogP contribution in [-0.2, 0) is 34.9 Å². The highest BCUT2D eigenvalue weighted by Crippen LogP contribution is 2.52. The number of ether oxygens (including phenoxy) is 1. The molecule has 1 aromatic rings. The summed E-state index contributed by atoms with van der Waals surface area (Å²) in [6.45, 7) is 26.4. The van der Waals surface area contributed by atoms with Crippen LogP contribution in [-0.4, -0.2) is 65.1 Å². The minimum absolute atomic E-state index is 0.00746. The topological polar surface area (TPSA) is 127 Å². The van der Waals surface area contributed by atoms with Gasteiger partial charge >= 0.3 is 5.69 Å². The van der Waals surface area contributed by atoms with Crippen molar-refractivity contribution in [1.82, 2.24) is 14.5 Å². The van der Waals surface area contributed by atoms with E-state index in [2.05, 4.69) is 66.5 Å². The van der Waals surface area contributed by atoms with Gasteiger partial charge in [-0.15, -0.1) is 6.58 Å². The van der Waals surface area contributed by atoms with Gasteiger partial charge in [0.15, 0.2) is 28.5 Å². The fourth-order valence-electron chi connectivity index (χ4n) is 4.56. The SMILES string of the molecule is C=CCNC1=CS(=O)(=O)OC12[C@@H](CO[Si](C)(C)C(C)(C)C)O[C@@H](n1cc(C)c(=O)n(C)c1=O)[C@@H]2O[Si](C)(C)C(C)(C)C. The van der Waals surface area contributed by atoms with Crippen LogP contribution in [0.25, 0.3) is 0 Å². The number of hydrogen-bond donors (Lipinski definition) is 1. The van der Waals surface area contributed by atoms with Gasteiger partial charge in [-0.05, 0) is 43.2 Å². The van der Waals surface area contributed by atoms with Crippen LogP contribution in [0.2, 0.25) is 36.3 Å². The summed E-state index contributed by atoms with van der Waals surface area (Å²) in [4.78, 5) is 26.2. The lowest BCUT2D eigenvalue weighted by Gasteiger charge is -2.44. The van der Waals surface area contributed by atoms with Crippen molar-refractivity contribution in [3.63, 3.8) is 0 Å². The summed E-state index contributed by atoms with van der Waals surface area (Å²) in [5.74, 6) is 0. The maximum absolute atomic E-state index is 13.6. The molecular weight excluding hydrogens is 595 g/mol. The van der Waals surface area contributed by atoms with Crippen LogP contribution in [0, 0.1) is 6.92 Å². The summed E-state index contributed by atoms with van der Waals surface area (Å²) in [6, 6.07) is 0. The van der Waals surface area contributed by atoms with Crippen molar-refractivity contribution < 1.29 is 26.2 Å². The summed E-state index contributed by atoms with van der Waals surface area (Å²) in [6.07, 6.45) is -0.171. The quantitative estimate of drug-likeness (QED) is 0.242. The zero-order chi connectivity index (χ0) is 32.3. The minimum Gasteiger partial charge on any atom is -0.414 e. The van der Waals surface area contributed by atoms with Crippen molar-refractivity contribution in [2.75, 3.05) is 13.2 Å². The molecule has 1 unspecified atom stereocenters. The van der Waals surface area contributed by atoms with Gasteiger partial charge in [0.05, 0.1) is 17.7 Å². The third-order valence-electron chi connectivity index (χ3n) is 9.22. The standard InChI is InChI=1S/C28H49N3O8SSi2/c1-14-15-29-20-18-40(34,35)39-28(20)21(17-36-41(10,11)26(3,4)5)37-24(22(28)38-42(12,13)27(6,7)8)31-16-19(2)23(32)30(9)25(31)33/h14,16,18,21-22,24,29H,1,15,17H2,2-13H3/t21-,22+,24-,28?/m1/s1. The van der Waals surface area contributed by atoms with Crippen LogP contribution >= 0.6 is 0 Å². The first-order valence-corrected chi connectivity index (χ1v) is 21.5.